The number of nitrogens with one attached hydrogen (secondary N) is 1. The van der Waals surface area contributed by atoms with Crippen LogP contribution in [0.4, 0.5) is 4.79 Å². The first-order valence-corrected chi connectivity index (χ1v) is 6.63. The van der Waals surface area contributed by atoms with E-state index in [0.29, 0.717) is 6.54 Å². The maximum Gasteiger partial charge on any atom is 0.407 e. The zero-order valence-corrected chi connectivity index (χ0v) is 12.0. The molecule has 3 nitrogen and oxygen atoms in total. The van der Waals surface area contributed by atoms with Crippen molar-refractivity contribution in [3.05, 3.63) is 35.4 Å². The van der Waals surface area contributed by atoms with E-state index in [-0.39, 0.29) is 6.09 Å². The van der Waals surface area contributed by atoms with Crippen LogP contribution in [0.1, 0.15) is 31.9 Å². The van der Waals surface area contributed by atoms with Gasteiger partial charge in [-0.15, -0.1) is 0 Å². The summed E-state index contributed by atoms with van der Waals surface area (Å²) in [4.78, 5) is 11.4. The van der Waals surface area contributed by atoms with Crippen molar-refractivity contribution in [1.82, 2.24) is 5.32 Å². The van der Waals surface area contributed by atoms with Gasteiger partial charge < -0.3 is 10.1 Å². The zero-order valence-electron chi connectivity index (χ0n) is 10.4. The Morgan fingerprint density at radius 1 is 1.35 bits per heavy atom. The number of hydrogen-bond donors (Lipinski definition) is 1. The highest BCUT2D eigenvalue weighted by atomic mass is 79.9. The van der Waals surface area contributed by atoms with Crippen molar-refractivity contribution >= 4 is 22.0 Å². The van der Waals surface area contributed by atoms with Crippen molar-refractivity contribution in [1.29, 1.82) is 0 Å². The Bertz CT molecular complexity index is 385. The van der Waals surface area contributed by atoms with Crippen molar-refractivity contribution in [3.63, 3.8) is 0 Å². The maximum atomic E-state index is 11.4. The van der Waals surface area contributed by atoms with Crippen LogP contribution in [0.15, 0.2) is 24.3 Å². The minimum Gasteiger partial charge on any atom is -0.444 e. The fourth-order valence-corrected chi connectivity index (χ4v) is 1.66. The highest BCUT2D eigenvalue weighted by Crippen LogP contribution is 2.10. The number of hydrogen-bond acceptors (Lipinski definition) is 2. The summed E-state index contributed by atoms with van der Waals surface area (Å²) < 4.78 is 5.16. The third kappa shape index (κ3) is 5.73. The molecule has 94 valence electrons. The third-order valence-corrected chi connectivity index (χ3v) is 2.63. The number of ether oxygens (including phenoxy) is 1. The molecule has 0 unspecified atom stereocenters. The van der Waals surface area contributed by atoms with E-state index < -0.39 is 5.60 Å². The van der Waals surface area contributed by atoms with Crippen LogP contribution < -0.4 is 5.32 Å². The van der Waals surface area contributed by atoms with E-state index in [2.05, 4.69) is 21.2 Å². The molecule has 0 aliphatic carbocycles. The molecule has 1 rings (SSSR count). The molecular weight excluding hydrogens is 282 g/mol. The lowest BCUT2D eigenvalue weighted by atomic mass is 10.1. The van der Waals surface area contributed by atoms with E-state index in [1.807, 2.05) is 45.0 Å². The lowest BCUT2D eigenvalue weighted by molar-refractivity contribution is 0.0523. The summed E-state index contributed by atoms with van der Waals surface area (Å²) in [5, 5.41) is 3.54. The van der Waals surface area contributed by atoms with Crippen LogP contribution >= 0.6 is 15.9 Å². The number of alkyl halides is 1. The molecule has 17 heavy (non-hydrogen) atoms. The van der Waals surface area contributed by atoms with Crippen LogP contribution in [0.2, 0.25) is 0 Å². The number of amides is 1. The summed E-state index contributed by atoms with van der Waals surface area (Å²) in [7, 11) is 0. The van der Waals surface area contributed by atoms with Crippen LogP contribution in [0.5, 0.6) is 0 Å². The van der Waals surface area contributed by atoms with Crippen molar-refractivity contribution in [2.75, 3.05) is 0 Å². The normalized spacial score (nSPS) is 11.1. The lowest BCUT2D eigenvalue weighted by Gasteiger charge is -2.19. The molecule has 1 aromatic carbocycles. The average molecular weight is 300 g/mol. The monoisotopic (exact) mass is 299 g/mol. The first-order chi connectivity index (χ1) is 7.90. The van der Waals surface area contributed by atoms with Gasteiger partial charge >= 0.3 is 6.09 Å². The predicted molar refractivity (Wildman–Crippen MR) is 72.1 cm³/mol. The van der Waals surface area contributed by atoms with Gasteiger partial charge in [0.2, 0.25) is 0 Å². The van der Waals surface area contributed by atoms with Gasteiger partial charge in [-0.25, -0.2) is 4.79 Å². The number of rotatable bonds is 3. The van der Waals surface area contributed by atoms with E-state index in [0.717, 1.165) is 10.9 Å². The Labute approximate surface area is 111 Å². The molecule has 0 atom stereocenters. The van der Waals surface area contributed by atoms with Gasteiger partial charge in [-0.05, 0) is 31.9 Å². The summed E-state index contributed by atoms with van der Waals surface area (Å²) in [6.45, 7) is 6.02. The fourth-order valence-electron chi connectivity index (χ4n) is 1.31. The van der Waals surface area contributed by atoms with Gasteiger partial charge in [-0.1, -0.05) is 40.2 Å². The van der Waals surface area contributed by atoms with Crippen LogP contribution in [0.25, 0.3) is 0 Å². The lowest BCUT2D eigenvalue weighted by Crippen LogP contribution is -2.32. The molecule has 0 bridgehead atoms. The summed E-state index contributed by atoms with van der Waals surface area (Å²) >= 11 is 3.40. The molecule has 0 radical (unpaired) electrons. The first-order valence-electron chi connectivity index (χ1n) is 5.51. The Kier molecular flexibility index (Phi) is 5.00. The van der Waals surface area contributed by atoms with Gasteiger partial charge in [0.1, 0.15) is 5.60 Å². The average Bonchev–Trinajstić information content (AvgIpc) is 2.24. The molecule has 0 saturated carbocycles. The molecule has 0 aliphatic heterocycles. The van der Waals surface area contributed by atoms with Crippen molar-refractivity contribution in [2.45, 2.75) is 38.2 Å². The van der Waals surface area contributed by atoms with Crippen LogP contribution in [0, 0.1) is 0 Å². The molecule has 0 saturated heterocycles. The van der Waals surface area contributed by atoms with Gasteiger partial charge in [-0.3, -0.25) is 0 Å². The van der Waals surface area contributed by atoms with Crippen molar-refractivity contribution in [2.24, 2.45) is 0 Å². The Morgan fingerprint density at radius 2 is 2.00 bits per heavy atom. The second-order valence-corrected chi connectivity index (χ2v) is 5.37. The van der Waals surface area contributed by atoms with Crippen LogP contribution in [0.3, 0.4) is 0 Å². The van der Waals surface area contributed by atoms with Gasteiger partial charge in [0, 0.05) is 11.9 Å². The van der Waals surface area contributed by atoms with Gasteiger partial charge in [0.15, 0.2) is 0 Å². The molecule has 4 heteroatoms. The van der Waals surface area contributed by atoms with Crippen molar-refractivity contribution < 1.29 is 9.53 Å². The summed E-state index contributed by atoms with van der Waals surface area (Å²) in [6.07, 6.45) is -0.387. The Morgan fingerprint density at radius 3 is 2.59 bits per heavy atom. The van der Waals surface area contributed by atoms with Gasteiger partial charge in [-0.2, -0.15) is 0 Å². The van der Waals surface area contributed by atoms with Gasteiger partial charge in [0.25, 0.3) is 0 Å². The topological polar surface area (TPSA) is 38.3 Å². The second-order valence-electron chi connectivity index (χ2n) is 4.81. The Hall–Kier alpha value is -1.03. The largest absolute Gasteiger partial charge is 0.444 e. The minimum atomic E-state index is -0.457. The predicted octanol–water partition coefficient (Wildman–Crippen LogP) is 3.61. The number of carbonyl (C=O) groups excluding carboxylic acids is 1. The van der Waals surface area contributed by atoms with Crippen LogP contribution in [-0.4, -0.2) is 11.7 Å². The fraction of sp³-hybridized carbons (Fsp3) is 0.462. The highest BCUT2D eigenvalue weighted by molar-refractivity contribution is 9.08. The Balaban J connectivity index is 2.47. The molecule has 0 fully saturated rings. The van der Waals surface area contributed by atoms with E-state index in [4.69, 9.17) is 4.74 Å². The SMILES string of the molecule is CC(C)(C)OC(=O)NCc1cccc(CBr)c1. The third-order valence-electron chi connectivity index (χ3n) is 1.98. The molecule has 1 amide bonds. The second kappa shape index (κ2) is 6.05. The summed E-state index contributed by atoms with van der Waals surface area (Å²) in [5.74, 6) is 0. The maximum absolute atomic E-state index is 11.4. The van der Waals surface area contributed by atoms with Crippen LogP contribution in [-0.2, 0) is 16.6 Å². The molecule has 1 aromatic rings. The number of benzene rings is 1. The molecular formula is C13H18BrNO2. The first kappa shape index (κ1) is 14.0. The zero-order chi connectivity index (χ0) is 12.9. The van der Waals surface area contributed by atoms with E-state index in [9.17, 15) is 4.79 Å². The van der Waals surface area contributed by atoms with Gasteiger partial charge in [0.05, 0.1) is 0 Å². The summed E-state index contributed by atoms with van der Waals surface area (Å²) in [5.41, 5.74) is 1.79. The standard InChI is InChI=1S/C13H18BrNO2/c1-13(2,3)17-12(16)15-9-11-6-4-5-10(7-11)8-14/h4-7H,8-9H2,1-3H3,(H,15,16). The molecule has 0 aromatic heterocycles. The number of alkyl carbamates (subject to hydrolysis) is 1. The molecule has 0 heterocycles. The minimum absolute atomic E-state index is 0.387. The number of halogens is 1. The van der Waals surface area contributed by atoms with E-state index in [1.54, 1.807) is 0 Å². The molecule has 1 N–H and O–H groups in total. The summed E-state index contributed by atoms with van der Waals surface area (Å²) in [6, 6.07) is 8.03. The number of carbonyl (C=O) groups is 1. The van der Waals surface area contributed by atoms with Crippen molar-refractivity contribution in [3.8, 4) is 0 Å². The molecule has 0 spiro atoms. The van der Waals surface area contributed by atoms with E-state index in [1.165, 1.54) is 5.56 Å². The molecule has 0 aliphatic rings. The quantitative estimate of drug-likeness (QED) is 0.866. The van der Waals surface area contributed by atoms with E-state index >= 15 is 0 Å². The smallest absolute Gasteiger partial charge is 0.407 e. The highest BCUT2D eigenvalue weighted by Gasteiger charge is 2.15.